The zero-order valence-electron chi connectivity index (χ0n) is 8.84. The first-order valence-electron chi connectivity index (χ1n) is 5.44. The Hall–Kier alpha value is -0.0400. The van der Waals surface area contributed by atoms with Crippen LogP contribution in [0.15, 0.2) is 0 Å². The van der Waals surface area contributed by atoms with Gasteiger partial charge in [0.15, 0.2) is 0 Å². The van der Waals surface area contributed by atoms with Crippen molar-refractivity contribution >= 4 is 0 Å². The molecule has 0 saturated carbocycles. The standard InChI is InChI=1S/C11H23N/c1-4-6-12-7-5-11(9-12)8-10(2)3/h10-11H,4-9H2,1-3H3. The second-order valence-corrected chi connectivity index (χ2v) is 4.58. The van der Waals surface area contributed by atoms with E-state index in [1.54, 1.807) is 0 Å². The van der Waals surface area contributed by atoms with Gasteiger partial charge in [-0.1, -0.05) is 20.8 Å². The van der Waals surface area contributed by atoms with Crippen LogP contribution in [-0.4, -0.2) is 24.5 Å². The van der Waals surface area contributed by atoms with Crippen molar-refractivity contribution in [2.75, 3.05) is 19.6 Å². The fraction of sp³-hybridized carbons (Fsp3) is 1.00. The maximum atomic E-state index is 2.62. The van der Waals surface area contributed by atoms with Crippen molar-refractivity contribution in [3.63, 3.8) is 0 Å². The quantitative estimate of drug-likeness (QED) is 0.625. The molecule has 0 N–H and O–H groups in total. The highest BCUT2D eigenvalue weighted by molar-refractivity contribution is 4.75. The Balaban J connectivity index is 2.16. The third-order valence-corrected chi connectivity index (χ3v) is 2.71. The lowest BCUT2D eigenvalue weighted by molar-refractivity contribution is 0.313. The molecule has 1 nitrogen and oxygen atoms in total. The van der Waals surface area contributed by atoms with Crippen molar-refractivity contribution in [1.82, 2.24) is 4.90 Å². The molecule has 1 aliphatic rings. The molecule has 1 unspecified atom stereocenters. The van der Waals surface area contributed by atoms with Gasteiger partial charge in [0.25, 0.3) is 0 Å². The van der Waals surface area contributed by atoms with Crippen LogP contribution < -0.4 is 0 Å². The Bertz CT molecular complexity index is 120. The highest BCUT2D eigenvalue weighted by Crippen LogP contribution is 2.22. The van der Waals surface area contributed by atoms with E-state index < -0.39 is 0 Å². The number of likely N-dealkylation sites (tertiary alicyclic amines) is 1. The molecule has 1 saturated heterocycles. The zero-order valence-corrected chi connectivity index (χ0v) is 8.84. The van der Waals surface area contributed by atoms with Crippen LogP contribution in [0.5, 0.6) is 0 Å². The average Bonchev–Trinajstić information content (AvgIpc) is 2.36. The molecule has 0 bridgehead atoms. The summed E-state index contributed by atoms with van der Waals surface area (Å²) in [6, 6.07) is 0. The number of hydrogen-bond donors (Lipinski definition) is 0. The molecule has 1 aliphatic heterocycles. The van der Waals surface area contributed by atoms with Gasteiger partial charge in [0, 0.05) is 6.54 Å². The number of nitrogens with zero attached hydrogens (tertiary/aromatic N) is 1. The molecular formula is C11H23N. The summed E-state index contributed by atoms with van der Waals surface area (Å²) in [5, 5.41) is 0. The van der Waals surface area contributed by atoms with Gasteiger partial charge in [-0.05, 0) is 44.2 Å². The minimum Gasteiger partial charge on any atom is -0.303 e. The summed E-state index contributed by atoms with van der Waals surface area (Å²) in [6.45, 7) is 11.0. The van der Waals surface area contributed by atoms with Crippen LogP contribution in [0.1, 0.15) is 40.0 Å². The van der Waals surface area contributed by atoms with E-state index in [9.17, 15) is 0 Å². The van der Waals surface area contributed by atoms with Crippen LogP contribution in [-0.2, 0) is 0 Å². The van der Waals surface area contributed by atoms with Crippen LogP contribution in [0.3, 0.4) is 0 Å². The Labute approximate surface area is 77.1 Å². The molecule has 0 aromatic heterocycles. The van der Waals surface area contributed by atoms with Crippen molar-refractivity contribution in [3.8, 4) is 0 Å². The van der Waals surface area contributed by atoms with Crippen LogP contribution in [0.4, 0.5) is 0 Å². The van der Waals surface area contributed by atoms with Crippen LogP contribution in [0.2, 0.25) is 0 Å². The third kappa shape index (κ3) is 3.14. The minimum absolute atomic E-state index is 0.886. The highest BCUT2D eigenvalue weighted by atomic mass is 15.1. The van der Waals surface area contributed by atoms with E-state index in [4.69, 9.17) is 0 Å². The SMILES string of the molecule is CCCN1CCC(CC(C)C)C1. The molecule has 0 aromatic rings. The smallest absolute Gasteiger partial charge is 0.00102 e. The molecule has 1 heterocycles. The molecule has 0 amide bonds. The molecule has 0 aromatic carbocycles. The Morgan fingerprint density at radius 1 is 1.42 bits per heavy atom. The Morgan fingerprint density at radius 3 is 2.75 bits per heavy atom. The van der Waals surface area contributed by atoms with Gasteiger partial charge in [-0.2, -0.15) is 0 Å². The Morgan fingerprint density at radius 2 is 2.17 bits per heavy atom. The summed E-state index contributed by atoms with van der Waals surface area (Å²) in [6.07, 6.45) is 4.19. The van der Waals surface area contributed by atoms with E-state index in [0.717, 1.165) is 11.8 Å². The van der Waals surface area contributed by atoms with Gasteiger partial charge in [-0.3, -0.25) is 0 Å². The predicted octanol–water partition coefficient (Wildman–Crippen LogP) is 2.76. The monoisotopic (exact) mass is 169 g/mol. The number of rotatable bonds is 4. The summed E-state index contributed by atoms with van der Waals surface area (Å²) in [5.41, 5.74) is 0. The summed E-state index contributed by atoms with van der Waals surface area (Å²) < 4.78 is 0. The van der Waals surface area contributed by atoms with E-state index in [0.29, 0.717) is 0 Å². The van der Waals surface area contributed by atoms with E-state index in [2.05, 4.69) is 25.7 Å². The molecule has 1 fully saturated rings. The third-order valence-electron chi connectivity index (χ3n) is 2.71. The van der Waals surface area contributed by atoms with Crippen molar-refractivity contribution in [2.45, 2.75) is 40.0 Å². The largest absolute Gasteiger partial charge is 0.303 e. The van der Waals surface area contributed by atoms with E-state index >= 15 is 0 Å². The second kappa shape index (κ2) is 4.86. The fourth-order valence-corrected chi connectivity index (χ4v) is 2.29. The summed E-state index contributed by atoms with van der Waals surface area (Å²) >= 11 is 0. The van der Waals surface area contributed by atoms with Gasteiger partial charge >= 0.3 is 0 Å². The second-order valence-electron chi connectivity index (χ2n) is 4.58. The maximum Gasteiger partial charge on any atom is 0.00102 e. The van der Waals surface area contributed by atoms with Crippen molar-refractivity contribution in [1.29, 1.82) is 0 Å². The lowest BCUT2D eigenvalue weighted by Crippen LogP contribution is -2.21. The predicted molar refractivity (Wildman–Crippen MR) is 54.3 cm³/mol. The van der Waals surface area contributed by atoms with E-state index in [-0.39, 0.29) is 0 Å². The lowest BCUT2D eigenvalue weighted by atomic mass is 9.97. The molecular weight excluding hydrogens is 146 g/mol. The summed E-state index contributed by atoms with van der Waals surface area (Å²) in [5.74, 6) is 1.88. The average molecular weight is 169 g/mol. The molecule has 1 atom stereocenters. The van der Waals surface area contributed by atoms with Gasteiger partial charge in [0.2, 0.25) is 0 Å². The lowest BCUT2D eigenvalue weighted by Gasteiger charge is -2.15. The van der Waals surface area contributed by atoms with Crippen molar-refractivity contribution in [3.05, 3.63) is 0 Å². The van der Waals surface area contributed by atoms with Crippen molar-refractivity contribution in [2.24, 2.45) is 11.8 Å². The van der Waals surface area contributed by atoms with Gasteiger partial charge in [-0.25, -0.2) is 0 Å². The van der Waals surface area contributed by atoms with Crippen LogP contribution in [0, 0.1) is 11.8 Å². The minimum atomic E-state index is 0.886. The zero-order chi connectivity index (χ0) is 8.97. The van der Waals surface area contributed by atoms with E-state index in [1.807, 2.05) is 0 Å². The topological polar surface area (TPSA) is 3.24 Å². The molecule has 72 valence electrons. The van der Waals surface area contributed by atoms with Gasteiger partial charge in [0.05, 0.1) is 0 Å². The highest BCUT2D eigenvalue weighted by Gasteiger charge is 2.21. The molecule has 1 rings (SSSR count). The van der Waals surface area contributed by atoms with Crippen molar-refractivity contribution < 1.29 is 0 Å². The van der Waals surface area contributed by atoms with Crippen LogP contribution in [0.25, 0.3) is 0 Å². The molecule has 0 aliphatic carbocycles. The van der Waals surface area contributed by atoms with Gasteiger partial charge in [-0.15, -0.1) is 0 Å². The first-order valence-corrected chi connectivity index (χ1v) is 5.44. The summed E-state index contributed by atoms with van der Waals surface area (Å²) in [4.78, 5) is 2.62. The molecule has 1 heteroatoms. The van der Waals surface area contributed by atoms with E-state index in [1.165, 1.54) is 38.9 Å². The van der Waals surface area contributed by atoms with Gasteiger partial charge in [0.1, 0.15) is 0 Å². The fourth-order valence-electron chi connectivity index (χ4n) is 2.29. The number of hydrogen-bond acceptors (Lipinski definition) is 1. The first kappa shape index (κ1) is 10.0. The molecule has 12 heavy (non-hydrogen) atoms. The van der Waals surface area contributed by atoms with Gasteiger partial charge < -0.3 is 4.90 Å². The van der Waals surface area contributed by atoms with Crippen LogP contribution >= 0.6 is 0 Å². The molecule has 0 spiro atoms. The summed E-state index contributed by atoms with van der Waals surface area (Å²) in [7, 11) is 0. The maximum absolute atomic E-state index is 2.62. The Kier molecular flexibility index (Phi) is 4.07. The normalized spacial score (nSPS) is 25.5. The first-order chi connectivity index (χ1) is 5.72. The molecule has 0 radical (unpaired) electrons.